The molecular weight excluding hydrogens is 1190 g/mol. The standard InChI is InChI=1S/C25H24F2N2O3.C25H25FN2O3.C25H26N2O3/c26-20-6-3-5-18(24(20)27)17-12-21(19-4-1-2-7-22(19)30)29-23(13-17)28-14-15-8-10-16(11-9-15)25(31)32;26-21-7-3-1-5-19(21)18-13-22(20-6-2-4-8-23(20)29)28-24(14-18)27-15-16-9-11-17(12-10-16)25(30)31;28-23-9-5-4-8-21(23)22-14-20(18-6-2-1-3-7-18)15-24(27-22)26-16-17-10-12-19(13-11-17)25(29)30/h1-7,12-13,15-16,30H,8-11,14H2,(H,28,29)(H,31,32);1-8,13-14,16-17,29H,9-12,15H2,(H,27,28)(H,30,31);1-9,14-15,17,19,28H,10-13,16H2,(H,26,27)(H,29,30). The molecule has 480 valence electrons. The Morgan fingerprint density at radius 2 is 0.656 bits per heavy atom. The number of aliphatic carboxylic acids is 3. The Hall–Kier alpha value is -10.2. The lowest BCUT2D eigenvalue weighted by Gasteiger charge is -2.26. The highest BCUT2D eigenvalue weighted by molar-refractivity contribution is 5.80. The van der Waals surface area contributed by atoms with E-state index >= 15 is 0 Å². The number of nitrogens with one attached hydrogen (secondary N) is 3. The van der Waals surface area contributed by atoms with E-state index in [1.165, 1.54) is 18.2 Å². The number of carbonyl (C=O) groups is 3. The number of carboxylic acid groups (broad SMARTS) is 3. The van der Waals surface area contributed by atoms with Crippen molar-refractivity contribution in [3.8, 4) is 84.4 Å². The molecule has 12 rings (SSSR count). The Morgan fingerprint density at radius 1 is 0.344 bits per heavy atom. The SMILES string of the molecule is O=C(O)C1CCC(CNc2cc(-c3cccc(F)c3F)cc(-c3ccccc3O)n2)CC1.O=C(O)C1CCC(CNc2cc(-c3ccccc3)cc(-c3ccccc3O)n2)CC1.O=C(O)C1CCC(CNc2cc(-c3ccccc3F)cc(-c3ccccc3O)n2)CC1. The van der Waals surface area contributed by atoms with Gasteiger partial charge < -0.3 is 46.6 Å². The summed E-state index contributed by atoms with van der Waals surface area (Å²) >= 11 is 0. The van der Waals surface area contributed by atoms with Crippen LogP contribution >= 0.6 is 0 Å². The molecule has 3 aliphatic rings. The van der Waals surface area contributed by atoms with Crippen LogP contribution in [0.2, 0.25) is 0 Å². The number of aromatic nitrogens is 3. The molecule has 0 saturated heterocycles. The van der Waals surface area contributed by atoms with Crippen LogP contribution in [0.5, 0.6) is 17.2 Å². The average Bonchev–Trinajstić information content (AvgIpc) is 1.06. The van der Waals surface area contributed by atoms with Gasteiger partial charge in [-0.3, -0.25) is 14.4 Å². The summed E-state index contributed by atoms with van der Waals surface area (Å²) in [5.41, 5.74) is 7.24. The lowest BCUT2D eigenvalue weighted by atomic mass is 9.82. The zero-order valence-electron chi connectivity index (χ0n) is 51.3. The molecule has 0 aliphatic heterocycles. The number of rotatable bonds is 18. The number of anilines is 3. The number of carboxylic acids is 3. The summed E-state index contributed by atoms with van der Waals surface area (Å²) in [5, 5.41) is 68.5. The van der Waals surface area contributed by atoms with Crippen LogP contribution in [0.1, 0.15) is 77.0 Å². The van der Waals surface area contributed by atoms with Gasteiger partial charge in [-0.15, -0.1) is 0 Å². The Kier molecular flexibility index (Phi) is 22.0. The van der Waals surface area contributed by atoms with Crippen LogP contribution in [0.4, 0.5) is 30.6 Å². The number of phenols is 3. The summed E-state index contributed by atoms with van der Waals surface area (Å²) in [6.07, 6.45) is 9.27. The molecule has 0 spiro atoms. The molecule has 6 aromatic carbocycles. The Bertz CT molecular complexity index is 3980. The molecule has 0 unspecified atom stereocenters. The molecule has 3 fully saturated rings. The van der Waals surface area contributed by atoms with Crippen LogP contribution in [-0.4, -0.2) is 83.1 Å². The largest absolute Gasteiger partial charge is 0.507 e. The van der Waals surface area contributed by atoms with Crippen LogP contribution in [0.3, 0.4) is 0 Å². The van der Waals surface area contributed by atoms with E-state index in [-0.39, 0.29) is 46.4 Å². The normalized spacial score (nSPS) is 18.5. The Balaban J connectivity index is 0.000000153. The van der Waals surface area contributed by atoms with E-state index in [0.717, 1.165) is 80.9 Å². The van der Waals surface area contributed by atoms with Crippen molar-refractivity contribution in [3.05, 3.63) is 199 Å². The molecule has 0 amide bonds. The maximum atomic E-state index is 14.5. The zero-order valence-corrected chi connectivity index (χ0v) is 51.3. The van der Waals surface area contributed by atoms with Gasteiger partial charge in [0.2, 0.25) is 0 Å². The van der Waals surface area contributed by atoms with Gasteiger partial charge in [0.15, 0.2) is 11.6 Å². The predicted octanol–water partition coefficient (Wildman–Crippen LogP) is 16.7. The van der Waals surface area contributed by atoms with Crippen molar-refractivity contribution in [1.82, 2.24) is 15.0 Å². The fraction of sp³-hybridized carbons (Fsp3) is 0.280. The minimum absolute atomic E-state index is 0.0369. The van der Waals surface area contributed by atoms with Crippen LogP contribution in [0.15, 0.2) is 182 Å². The monoisotopic (exact) mass is 1260 g/mol. The number of nitrogens with zero attached hydrogens (tertiary/aromatic N) is 3. The molecule has 3 aliphatic carbocycles. The smallest absolute Gasteiger partial charge is 0.306 e. The number of hydrogen-bond donors (Lipinski definition) is 9. The van der Waals surface area contributed by atoms with Crippen LogP contribution < -0.4 is 16.0 Å². The van der Waals surface area contributed by atoms with Gasteiger partial charge in [-0.05, 0) is 202 Å². The topological polar surface area (TPSA) is 247 Å². The first kappa shape index (κ1) is 65.7. The second kappa shape index (κ2) is 31.2. The number of pyridine rings is 3. The minimum atomic E-state index is -0.945. The summed E-state index contributed by atoms with van der Waals surface area (Å²) < 4.78 is 42.8. The van der Waals surface area contributed by atoms with Crippen molar-refractivity contribution in [3.63, 3.8) is 0 Å². The van der Waals surface area contributed by atoms with E-state index in [2.05, 4.69) is 38.1 Å². The maximum Gasteiger partial charge on any atom is 0.306 e. The maximum absolute atomic E-state index is 14.5. The van der Waals surface area contributed by atoms with E-state index in [1.807, 2.05) is 54.6 Å². The van der Waals surface area contributed by atoms with Crippen molar-refractivity contribution < 1.29 is 58.2 Å². The van der Waals surface area contributed by atoms with Crippen molar-refractivity contribution >= 4 is 35.4 Å². The van der Waals surface area contributed by atoms with Crippen molar-refractivity contribution in [1.29, 1.82) is 0 Å². The zero-order chi connectivity index (χ0) is 65.4. The van der Waals surface area contributed by atoms with Crippen molar-refractivity contribution in [2.45, 2.75) is 77.0 Å². The molecule has 9 aromatic rings. The van der Waals surface area contributed by atoms with E-state index in [9.17, 15) is 58.2 Å². The summed E-state index contributed by atoms with van der Waals surface area (Å²) in [5.74, 6) is -1.77. The molecule has 0 atom stereocenters. The number of hydrogen-bond acceptors (Lipinski definition) is 12. The van der Waals surface area contributed by atoms with Gasteiger partial charge in [-0.25, -0.2) is 28.1 Å². The first-order valence-corrected chi connectivity index (χ1v) is 31.6. The summed E-state index contributed by atoms with van der Waals surface area (Å²) in [4.78, 5) is 47.5. The van der Waals surface area contributed by atoms with Crippen LogP contribution in [0, 0.1) is 53.0 Å². The van der Waals surface area contributed by atoms with E-state index in [0.29, 0.717) is 119 Å². The van der Waals surface area contributed by atoms with Crippen LogP contribution in [-0.2, 0) is 14.4 Å². The third kappa shape index (κ3) is 17.4. The van der Waals surface area contributed by atoms with E-state index < -0.39 is 29.5 Å². The van der Waals surface area contributed by atoms with Gasteiger partial charge in [-0.1, -0.05) is 97.1 Å². The molecule has 18 heteroatoms. The highest BCUT2D eigenvalue weighted by atomic mass is 19.2. The van der Waals surface area contributed by atoms with Gasteiger partial charge in [-0.2, -0.15) is 0 Å². The molecule has 0 radical (unpaired) electrons. The van der Waals surface area contributed by atoms with Crippen molar-refractivity contribution in [2.75, 3.05) is 35.6 Å². The average molecular weight is 1260 g/mol. The Labute approximate surface area is 538 Å². The van der Waals surface area contributed by atoms with Gasteiger partial charge in [0, 0.05) is 47.5 Å². The van der Waals surface area contributed by atoms with Crippen LogP contribution in [0.25, 0.3) is 67.2 Å². The van der Waals surface area contributed by atoms with Gasteiger partial charge in [0.25, 0.3) is 0 Å². The predicted molar refractivity (Wildman–Crippen MR) is 355 cm³/mol. The van der Waals surface area contributed by atoms with E-state index in [1.54, 1.807) is 91.0 Å². The van der Waals surface area contributed by atoms with E-state index in [4.69, 9.17) is 4.98 Å². The summed E-state index contributed by atoms with van der Waals surface area (Å²) in [7, 11) is 0. The molecule has 15 nitrogen and oxygen atoms in total. The second-order valence-corrected chi connectivity index (χ2v) is 24.2. The molecule has 93 heavy (non-hydrogen) atoms. The highest BCUT2D eigenvalue weighted by Crippen LogP contribution is 2.39. The molecule has 9 N–H and O–H groups in total. The number of para-hydroxylation sites is 3. The summed E-state index contributed by atoms with van der Waals surface area (Å²) in [6.45, 7) is 2.02. The lowest BCUT2D eigenvalue weighted by Crippen LogP contribution is -2.25. The fourth-order valence-corrected chi connectivity index (χ4v) is 12.5. The lowest BCUT2D eigenvalue weighted by molar-refractivity contribution is -0.144. The quantitative estimate of drug-likeness (QED) is 0.0388. The minimum Gasteiger partial charge on any atom is -0.507 e. The number of benzene rings is 6. The Morgan fingerprint density at radius 3 is 1.03 bits per heavy atom. The van der Waals surface area contributed by atoms with Gasteiger partial charge >= 0.3 is 17.9 Å². The summed E-state index contributed by atoms with van der Waals surface area (Å²) in [6, 6.07) is 52.4. The fourth-order valence-electron chi connectivity index (χ4n) is 12.5. The third-order valence-corrected chi connectivity index (χ3v) is 17.9. The second-order valence-electron chi connectivity index (χ2n) is 24.2. The highest BCUT2D eigenvalue weighted by Gasteiger charge is 2.29. The van der Waals surface area contributed by atoms with Crippen molar-refractivity contribution in [2.24, 2.45) is 35.5 Å². The first-order valence-electron chi connectivity index (χ1n) is 31.6. The molecule has 3 heterocycles. The van der Waals surface area contributed by atoms with Gasteiger partial charge in [0.1, 0.15) is 40.5 Å². The molecular formula is C75H75F3N6O9. The number of phenolic OH excluding ortho intramolecular Hbond substituents is 3. The third-order valence-electron chi connectivity index (χ3n) is 17.9. The van der Waals surface area contributed by atoms with Gasteiger partial charge in [0.05, 0.1) is 34.8 Å². The molecule has 3 aromatic heterocycles. The first-order chi connectivity index (χ1) is 45.0. The number of aromatic hydroxyl groups is 3. The molecule has 0 bridgehead atoms. The number of halogens is 3. The molecule has 3 saturated carbocycles.